The second kappa shape index (κ2) is 13.2. The number of aliphatic hydroxyl groups is 1. The van der Waals surface area contributed by atoms with Crippen molar-refractivity contribution >= 4 is 0 Å². The molecular weight excluding hydrogens is 624 g/mol. The zero-order valence-electron chi connectivity index (χ0n) is 20.0. The highest BCUT2D eigenvalue weighted by atomic mass is 19.4. The summed E-state index contributed by atoms with van der Waals surface area (Å²) >= 11 is 0. The van der Waals surface area contributed by atoms with Gasteiger partial charge in [0.15, 0.2) is 0 Å². The quantitative estimate of drug-likeness (QED) is 0.248. The summed E-state index contributed by atoms with van der Waals surface area (Å²) in [5.41, 5.74) is -11.8. The molecule has 0 aliphatic heterocycles. The van der Waals surface area contributed by atoms with Gasteiger partial charge in [0.1, 0.15) is 0 Å². The van der Waals surface area contributed by atoms with Crippen molar-refractivity contribution in [2.24, 2.45) is 17.8 Å². The molecule has 3 atom stereocenters. The van der Waals surface area contributed by atoms with Crippen LogP contribution in [0, 0.1) is 17.8 Å². The topological polar surface area (TPSA) is 20.2 Å². The van der Waals surface area contributed by atoms with Crippen LogP contribution in [0.4, 0.5) is 87.8 Å². The van der Waals surface area contributed by atoms with E-state index in [1.54, 1.807) is 0 Å². The zero-order chi connectivity index (χ0) is 33.0. The SMILES string of the molecule is CC(CO)CC(CC(F)(C(F)(F)F)C(F)(F)F)C(F)(F)F.CCCC(CC(F)(C(F)(F)F)C(F)(F)F)C(F)(F)F. The van der Waals surface area contributed by atoms with Gasteiger partial charge in [-0.2, -0.15) is 79.0 Å². The predicted molar refractivity (Wildman–Crippen MR) is 96.0 cm³/mol. The minimum atomic E-state index is -6.53. The molecule has 3 unspecified atom stereocenters. The van der Waals surface area contributed by atoms with Crippen LogP contribution in [-0.2, 0) is 0 Å². The maximum absolute atomic E-state index is 13.3. The van der Waals surface area contributed by atoms with Crippen LogP contribution in [0.25, 0.3) is 0 Å². The smallest absolute Gasteiger partial charge is 0.396 e. The zero-order valence-corrected chi connectivity index (χ0v) is 20.0. The Morgan fingerprint density at radius 3 is 0.975 bits per heavy atom. The normalized spacial score (nSPS) is 17.2. The molecule has 0 fully saturated rings. The maximum atomic E-state index is 13.3. The van der Waals surface area contributed by atoms with Gasteiger partial charge in [0.25, 0.3) is 11.3 Å². The lowest BCUT2D eigenvalue weighted by Gasteiger charge is -2.34. The highest BCUT2D eigenvalue weighted by Crippen LogP contribution is 2.53. The van der Waals surface area contributed by atoms with Crippen LogP contribution in [0.3, 0.4) is 0 Å². The molecule has 0 saturated carbocycles. The molecule has 0 radical (unpaired) electrons. The summed E-state index contributed by atoms with van der Waals surface area (Å²) in [4.78, 5) is 0. The van der Waals surface area contributed by atoms with Crippen LogP contribution in [0.1, 0.15) is 46.0 Å². The molecule has 0 aromatic rings. The highest BCUT2D eigenvalue weighted by molar-refractivity contribution is 4.98. The third kappa shape index (κ3) is 10.8. The Hall–Kier alpha value is -1.44. The van der Waals surface area contributed by atoms with Gasteiger partial charge in [-0.1, -0.05) is 20.3 Å². The Labute approximate surface area is 212 Å². The third-order valence-corrected chi connectivity index (χ3v) is 5.41. The second-order valence-corrected chi connectivity index (χ2v) is 8.79. The summed E-state index contributed by atoms with van der Waals surface area (Å²) in [6.45, 7) is 1.24. The summed E-state index contributed by atoms with van der Waals surface area (Å²) in [5, 5.41) is 8.56. The van der Waals surface area contributed by atoms with Gasteiger partial charge in [-0.25, -0.2) is 8.78 Å². The van der Waals surface area contributed by atoms with Crippen molar-refractivity contribution < 1.29 is 92.9 Å². The fourth-order valence-electron chi connectivity index (χ4n) is 3.09. The summed E-state index contributed by atoms with van der Waals surface area (Å²) < 4.78 is 247. The molecule has 40 heavy (non-hydrogen) atoms. The largest absolute Gasteiger partial charge is 0.431 e. The Morgan fingerprint density at radius 1 is 0.500 bits per heavy atom. The fraction of sp³-hybridized carbons (Fsp3) is 1.00. The van der Waals surface area contributed by atoms with Crippen LogP contribution in [0.2, 0.25) is 0 Å². The first-order valence-electron chi connectivity index (χ1n) is 10.6. The van der Waals surface area contributed by atoms with Crippen molar-refractivity contribution in [2.75, 3.05) is 6.61 Å². The lowest BCUT2D eigenvalue weighted by molar-refractivity contribution is -0.353. The molecule has 1 nitrogen and oxygen atoms in total. The maximum Gasteiger partial charge on any atom is 0.431 e. The molecule has 21 heteroatoms. The molecule has 0 bridgehead atoms. The van der Waals surface area contributed by atoms with E-state index in [2.05, 4.69) is 0 Å². The van der Waals surface area contributed by atoms with Crippen LogP contribution in [-0.4, -0.2) is 60.1 Å². The van der Waals surface area contributed by atoms with Gasteiger partial charge in [-0.05, 0) is 18.8 Å². The molecule has 0 rings (SSSR count). The molecule has 0 saturated heterocycles. The van der Waals surface area contributed by atoms with Gasteiger partial charge in [0.2, 0.25) is 0 Å². The molecule has 0 spiro atoms. The Balaban J connectivity index is 0. The minimum absolute atomic E-state index is 0.323. The van der Waals surface area contributed by atoms with E-state index in [1.165, 1.54) is 0 Å². The van der Waals surface area contributed by atoms with Gasteiger partial charge < -0.3 is 5.11 Å². The number of aliphatic hydroxyl groups excluding tert-OH is 1. The lowest BCUT2D eigenvalue weighted by atomic mass is 9.84. The van der Waals surface area contributed by atoms with Crippen molar-refractivity contribution in [1.82, 2.24) is 0 Å². The van der Waals surface area contributed by atoms with Crippen molar-refractivity contribution in [3.63, 3.8) is 0 Å². The van der Waals surface area contributed by atoms with Gasteiger partial charge >= 0.3 is 37.1 Å². The molecule has 0 heterocycles. The van der Waals surface area contributed by atoms with Gasteiger partial charge in [-0.15, -0.1) is 0 Å². The predicted octanol–water partition coefficient (Wildman–Crippen LogP) is 9.59. The molecule has 0 aromatic heterocycles. The molecule has 0 aliphatic carbocycles. The average Bonchev–Trinajstić information content (AvgIpc) is 2.68. The van der Waals surface area contributed by atoms with E-state index in [4.69, 9.17) is 5.11 Å². The molecule has 244 valence electrons. The number of halogens is 20. The van der Waals surface area contributed by atoms with Crippen LogP contribution in [0.5, 0.6) is 0 Å². The fourth-order valence-corrected chi connectivity index (χ4v) is 3.09. The molecule has 0 aromatic carbocycles. The highest BCUT2D eigenvalue weighted by Gasteiger charge is 2.74. The number of hydrogen-bond donors (Lipinski definition) is 1. The van der Waals surface area contributed by atoms with Crippen LogP contribution in [0.15, 0.2) is 0 Å². The first-order valence-corrected chi connectivity index (χ1v) is 10.6. The van der Waals surface area contributed by atoms with Crippen LogP contribution < -0.4 is 0 Å². The van der Waals surface area contributed by atoms with E-state index in [1.807, 2.05) is 0 Å². The lowest BCUT2D eigenvalue weighted by Crippen LogP contribution is -2.55. The Kier molecular flexibility index (Phi) is 13.5. The summed E-state index contributed by atoms with van der Waals surface area (Å²) in [7, 11) is 0. The number of hydrogen-bond acceptors (Lipinski definition) is 1. The molecule has 1 N–H and O–H groups in total. The van der Waals surface area contributed by atoms with E-state index in [0.717, 1.165) is 13.8 Å². The summed E-state index contributed by atoms with van der Waals surface area (Å²) in [5.74, 6) is -7.43. The van der Waals surface area contributed by atoms with E-state index >= 15 is 0 Å². The van der Waals surface area contributed by atoms with Gasteiger partial charge in [-0.3, -0.25) is 0 Å². The Morgan fingerprint density at radius 2 is 0.775 bits per heavy atom. The summed E-state index contributed by atoms with van der Waals surface area (Å²) in [6.07, 6.45) is -44.9. The Bertz CT molecular complexity index is 710. The van der Waals surface area contributed by atoms with Gasteiger partial charge in [0.05, 0.1) is 11.8 Å². The van der Waals surface area contributed by atoms with E-state index in [9.17, 15) is 87.8 Å². The first kappa shape index (κ1) is 40.7. The average molecular weight is 646 g/mol. The van der Waals surface area contributed by atoms with Crippen LogP contribution >= 0.6 is 0 Å². The third-order valence-electron chi connectivity index (χ3n) is 5.41. The second-order valence-electron chi connectivity index (χ2n) is 8.79. The number of rotatable bonds is 9. The standard InChI is InChI=1S/C10H12F10O.C9H10F10/c1-5(4-21)2-6(8(12,13)14)3-7(11,9(15,16)17)10(18,19)20;1-2-3-5(7(11,12)13)4-6(10,8(14,15)16)9(17,18)19/h5-6,21H,2-4H2,1H3;5H,2-4H2,1H3. The minimum Gasteiger partial charge on any atom is -0.396 e. The number of alkyl halides is 20. The molecule has 0 amide bonds. The van der Waals surface area contributed by atoms with E-state index in [-0.39, 0.29) is 6.42 Å². The molecule has 0 aliphatic rings. The summed E-state index contributed by atoms with van der Waals surface area (Å²) in [6, 6.07) is 0. The van der Waals surface area contributed by atoms with E-state index < -0.39 is 98.4 Å². The molecular formula is C19H22F20O. The van der Waals surface area contributed by atoms with Crippen molar-refractivity contribution in [1.29, 1.82) is 0 Å². The first-order chi connectivity index (χ1) is 17.2. The van der Waals surface area contributed by atoms with Gasteiger partial charge in [0, 0.05) is 19.4 Å². The van der Waals surface area contributed by atoms with Crippen molar-refractivity contribution in [3.8, 4) is 0 Å². The van der Waals surface area contributed by atoms with Crippen molar-refractivity contribution in [3.05, 3.63) is 0 Å². The van der Waals surface area contributed by atoms with E-state index in [0.29, 0.717) is 0 Å². The monoisotopic (exact) mass is 646 g/mol. The van der Waals surface area contributed by atoms with Crippen molar-refractivity contribution in [2.45, 2.75) is 94.3 Å².